The van der Waals surface area contributed by atoms with Crippen molar-refractivity contribution in [3.63, 3.8) is 0 Å². The van der Waals surface area contributed by atoms with Crippen molar-refractivity contribution in [2.75, 3.05) is 9.80 Å². The SMILES string of the molecule is c1ccc(N(c2ccc3c(c2)Oc2cccc4c(N(c5ccccc5)c5ccccc5)ccc-3c24)c2ccc3oc4ccccc4c3c2)cc1. The van der Waals surface area contributed by atoms with Crippen LogP contribution in [0.25, 0.3) is 43.8 Å². The number of ether oxygens (including phenoxy) is 1. The number of benzene rings is 8. The van der Waals surface area contributed by atoms with Crippen LogP contribution in [0.1, 0.15) is 0 Å². The highest BCUT2D eigenvalue weighted by Gasteiger charge is 2.25. The number of anilines is 6. The van der Waals surface area contributed by atoms with E-state index in [-0.39, 0.29) is 0 Å². The lowest BCUT2D eigenvalue weighted by atomic mass is 9.93. The average molecular weight is 643 g/mol. The molecule has 0 saturated heterocycles. The molecule has 8 aromatic carbocycles. The van der Waals surface area contributed by atoms with Gasteiger partial charge in [-0.3, -0.25) is 0 Å². The molecule has 50 heavy (non-hydrogen) atoms. The second kappa shape index (κ2) is 11.4. The van der Waals surface area contributed by atoms with E-state index in [1.54, 1.807) is 0 Å². The number of para-hydroxylation sites is 4. The fourth-order valence-corrected chi connectivity index (χ4v) is 7.40. The van der Waals surface area contributed by atoms with Crippen LogP contribution in [0.4, 0.5) is 34.1 Å². The van der Waals surface area contributed by atoms with Crippen LogP contribution in [0.3, 0.4) is 0 Å². The van der Waals surface area contributed by atoms with Gasteiger partial charge in [0.1, 0.15) is 22.7 Å². The first-order valence-electron chi connectivity index (χ1n) is 16.8. The molecule has 10 rings (SSSR count). The van der Waals surface area contributed by atoms with Crippen molar-refractivity contribution in [3.05, 3.63) is 182 Å². The van der Waals surface area contributed by atoms with Crippen LogP contribution in [0.15, 0.2) is 186 Å². The van der Waals surface area contributed by atoms with Crippen LogP contribution in [-0.4, -0.2) is 0 Å². The first-order valence-corrected chi connectivity index (χ1v) is 16.8. The van der Waals surface area contributed by atoms with E-state index in [9.17, 15) is 0 Å². The molecule has 4 heteroatoms. The molecule has 9 aromatic rings. The maximum Gasteiger partial charge on any atom is 0.137 e. The predicted octanol–water partition coefficient (Wildman–Crippen LogP) is 13.5. The molecule has 0 aliphatic carbocycles. The van der Waals surface area contributed by atoms with Gasteiger partial charge in [-0.2, -0.15) is 0 Å². The molecule has 0 atom stereocenters. The van der Waals surface area contributed by atoms with Crippen molar-refractivity contribution in [2.24, 2.45) is 0 Å². The molecule has 1 aliphatic rings. The summed E-state index contributed by atoms with van der Waals surface area (Å²) in [5, 5.41) is 4.44. The van der Waals surface area contributed by atoms with Gasteiger partial charge in [0.05, 0.1) is 5.69 Å². The zero-order chi connectivity index (χ0) is 33.0. The molecule has 1 aromatic heterocycles. The second-order valence-electron chi connectivity index (χ2n) is 12.5. The average Bonchev–Trinajstić information content (AvgIpc) is 3.55. The van der Waals surface area contributed by atoms with Gasteiger partial charge < -0.3 is 19.0 Å². The summed E-state index contributed by atoms with van der Waals surface area (Å²) in [4.78, 5) is 4.60. The summed E-state index contributed by atoms with van der Waals surface area (Å²) >= 11 is 0. The molecular weight excluding hydrogens is 613 g/mol. The number of rotatable bonds is 6. The molecule has 4 nitrogen and oxygen atoms in total. The number of hydrogen-bond acceptors (Lipinski definition) is 4. The van der Waals surface area contributed by atoms with E-state index < -0.39 is 0 Å². The maximum absolute atomic E-state index is 6.81. The van der Waals surface area contributed by atoms with E-state index in [0.717, 1.165) is 89.5 Å². The minimum atomic E-state index is 0.828. The molecule has 0 saturated carbocycles. The van der Waals surface area contributed by atoms with Crippen molar-refractivity contribution in [1.82, 2.24) is 0 Å². The minimum absolute atomic E-state index is 0.828. The number of hydrogen-bond donors (Lipinski definition) is 0. The number of nitrogens with zero attached hydrogens (tertiary/aromatic N) is 2. The van der Waals surface area contributed by atoms with Crippen molar-refractivity contribution >= 4 is 66.8 Å². The molecule has 236 valence electrons. The van der Waals surface area contributed by atoms with E-state index in [0.29, 0.717) is 0 Å². The third-order valence-corrected chi connectivity index (χ3v) is 9.62. The molecule has 1 aliphatic heterocycles. The Bertz CT molecular complexity index is 2650. The van der Waals surface area contributed by atoms with E-state index >= 15 is 0 Å². The highest BCUT2D eigenvalue weighted by atomic mass is 16.5. The van der Waals surface area contributed by atoms with E-state index in [2.05, 4.69) is 174 Å². The Kier molecular flexibility index (Phi) is 6.46. The first kappa shape index (κ1) is 28.3. The molecule has 0 bridgehead atoms. The summed E-state index contributed by atoms with van der Waals surface area (Å²) in [7, 11) is 0. The van der Waals surface area contributed by atoms with Gasteiger partial charge in [0, 0.05) is 61.6 Å². The fourth-order valence-electron chi connectivity index (χ4n) is 7.40. The van der Waals surface area contributed by atoms with Crippen molar-refractivity contribution < 1.29 is 9.15 Å². The monoisotopic (exact) mass is 642 g/mol. The van der Waals surface area contributed by atoms with E-state index in [1.165, 1.54) is 0 Å². The standard InChI is InChI=1S/C46H30N2O2/c1-4-13-31(14-5-1)47(34-24-28-43-40(29-34)36-19-10-11-21-42(36)49-43)35-23-25-37-38-26-27-41(39-20-12-22-44(46(38)39)50-45(37)30-35)48(32-15-6-2-7-16-32)33-17-8-3-9-18-33/h1-30H. The van der Waals surface area contributed by atoms with Gasteiger partial charge in [-0.25, -0.2) is 0 Å². The summed E-state index contributed by atoms with van der Waals surface area (Å²) in [6.07, 6.45) is 0. The zero-order valence-corrected chi connectivity index (χ0v) is 27.0. The Morgan fingerprint density at radius 1 is 0.340 bits per heavy atom. The summed E-state index contributed by atoms with van der Waals surface area (Å²) in [6.45, 7) is 0. The highest BCUT2D eigenvalue weighted by molar-refractivity contribution is 6.11. The largest absolute Gasteiger partial charge is 0.456 e. The third-order valence-electron chi connectivity index (χ3n) is 9.62. The third kappa shape index (κ3) is 4.54. The van der Waals surface area contributed by atoms with Gasteiger partial charge >= 0.3 is 0 Å². The van der Waals surface area contributed by atoms with Crippen LogP contribution in [0.5, 0.6) is 11.5 Å². The first-order chi connectivity index (χ1) is 24.8. The molecular formula is C46H30N2O2. The van der Waals surface area contributed by atoms with Crippen LogP contribution >= 0.6 is 0 Å². The van der Waals surface area contributed by atoms with Gasteiger partial charge in [-0.15, -0.1) is 0 Å². The Morgan fingerprint density at radius 2 is 0.920 bits per heavy atom. The van der Waals surface area contributed by atoms with Gasteiger partial charge in [-0.05, 0) is 90.5 Å². The molecule has 0 radical (unpaired) electrons. The van der Waals surface area contributed by atoms with Crippen molar-refractivity contribution in [3.8, 4) is 22.6 Å². The number of fused-ring (bicyclic) bond motifs is 5. The number of furan rings is 1. The van der Waals surface area contributed by atoms with Crippen LogP contribution < -0.4 is 14.5 Å². The van der Waals surface area contributed by atoms with Gasteiger partial charge in [0.2, 0.25) is 0 Å². The van der Waals surface area contributed by atoms with Crippen molar-refractivity contribution in [1.29, 1.82) is 0 Å². The topological polar surface area (TPSA) is 28.9 Å². The predicted molar refractivity (Wildman–Crippen MR) is 206 cm³/mol. The summed E-state index contributed by atoms with van der Waals surface area (Å²) in [6, 6.07) is 63.6. The van der Waals surface area contributed by atoms with E-state index in [4.69, 9.17) is 9.15 Å². The molecule has 0 N–H and O–H groups in total. The summed E-state index contributed by atoms with van der Waals surface area (Å²) in [5.41, 5.74) is 10.4. The lowest BCUT2D eigenvalue weighted by molar-refractivity contribution is 0.487. The fraction of sp³-hybridized carbons (Fsp3) is 0. The Labute approximate surface area is 289 Å². The highest BCUT2D eigenvalue weighted by Crippen LogP contribution is 2.52. The van der Waals surface area contributed by atoms with Gasteiger partial charge in [-0.1, -0.05) is 91.0 Å². The van der Waals surface area contributed by atoms with Crippen LogP contribution in [0.2, 0.25) is 0 Å². The van der Waals surface area contributed by atoms with Crippen LogP contribution in [0, 0.1) is 0 Å². The lowest BCUT2D eigenvalue weighted by Crippen LogP contribution is -2.11. The molecule has 0 spiro atoms. The van der Waals surface area contributed by atoms with Gasteiger partial charge in [0.15, 0.2) is 0 Å². The van der Waals surface area contributed by atoms with Gasteiger partial charge in [0.25, 0.3) is 0 Å². The summed E-state index contributed by atoms with van der Waals surface area (Å²) < 4.78 is 13.0. The van der Waals surface area contributed by atoms with Crippen LogP contribution in [-0.2, 0) is 0 Å². The van der Waals surface area contributed by atoms with Crippen molar-refractivity contribution in [2.45, 2.75) is 0 Å². The zero-order valence-electron chi connectivity index (χ0n) is 27.0. The van der Waals surface area contributed by atoms with E-state index in [1.807, 2.05) is 18.2 Å². The molecule has 0 amide bonds. The quantitative estimate of drug-likeness (QED) is 0.180. The maximum atomic E-state index is 6.81. The molecule has 2 heterocycles. The molecule has 0 fully saturated rings. The smallest absolute Gasteiger partial charge is 0.137 e. The Morgan fingerprint density at radius 3 is 1.66 bits per heavy atom. The Hall–Kier alpha value is -6.78. The minimum Gasteiger partial charge on any atom is -0.456 e. The second-order valence-corrected chi connectivity index (χ2v) is 12.5. The summed E-state index contributed by atoms with van der Waals surface area (Å²) in [5.74, 6) is 1.68. The normalized spacial score (nSPS) is 11.8. The lowest BCUT2D eigenvalue weighted by Gasteiger charge is -2.30. The Balaban J connectivity index is 1.12. The molecule has 0 unspecified atom stereocenters.